The quantitative estimate of drug-likeness (QED) is 0.724. The maximum absolute atomic E-state index is 12.8. The zero-order valence-corrected chi connectivity index (χ0v) is 13.8. The maximum atomic E-state index is 12.8. The Balaban J connectivity index is 1.63. The number of aryl methyl sites for hydroxylation is 1. The van der Waals surface area contributed by atoms with Gasteiger partial charge in [0.15, 0.2) is 0 Å². The van der Waals surface area contributed by atoms with Gasteiger partial charge in [0.05, 0.1) is 11.1 Å². The summed E-state index contributed by atoms with van der Waals surface area (Å²) >= 11 is 1.56. The van der Waals surface area contributed by atoms with Crippen molar-refractivity contribution in [3.8, 4) is 0 Å². The Morgan fingerprint density at radius 1 is 1.26 bits per heavy atom. The molecule has 0 radical (unpaired) electrons. The molecule has 0 aliphatic carbocycles. The Bertz CT molecular complexity index is 900. The van der Waals surface area contributed by atoms with Crippen LogP contribution in [-0.2, 0) is 19.5 Å². The van der Waals surface area contributed by atoms with Crippen LogP contribution in [0.3, 0.4) is 0 Å². The third-order valence-electron chi connectivity index (χ3n) is 4.36. The molecule has 1 aliphatic heterocycles. The number of pyridine rings is 1. The molecular formula is C17H18N4OS. The summed E-state index contributed by atoms with van der Waals surface area (Å²) in [7, 11) is 0. The van der Waals surface area contributed by atoms with Crippen LogP contribution in [0.2, 0.25) is 0 Å². The first kappa shape index (κ1) is 14.5. The fraction of sp³-hybridized carbons (Fsp3) is 0.353. The second kappa shape index (κ2) is 5.86. The van der Waals surface area contributed by atoms with E-state index in [1.807, 2.05) is 41.3 Å². The van der Waals surface area contributed by atoms with Crippen LogP contribution in [0, 0.1) is 6.92 Å². The third-order valence-corrected chi connectivity index (χ3v) is 5.35. The van der Waals surface area contributed by atoms with E-state index in [0.29, 0.717) is 6.54 Å². The average Bonchev–Trinajstić information content (AvgIpc) is 2.81. The Morgan fingerprint density at radius 2 is 2.17 bits per heavy atom. The SMILES string of the molecule is Cc1csc2nc3n(c(=O)c12)CCN(Cc1ccccn1)CC3. The second-order valence-electron chi connectivity index (χ2n) is 5.93. The van der Waals surface area contributed by atoms with Gasteiger partial charge in [0, 0.05) is 38.8 Å². The summed E-state index contributed by atoms with van der Waals surface area (Å²) in [4.78, 5) is 25.1. The lowest BCUT2D eigenvalue weighted by atomic mass is 10.2. The van der Waals surface area contributed by atoms with Gasteiger partial charge in [-0.2, -0.15) is 0 Å². The molecule has 1 aliphatic rings. The van der Waals surface area contributed by atoms with Gasteiger partial charge in [-0.3, -0.25) is 19.2 Å². The van der Waals surface area contributed by atoms with Crippen molar-refractivity contribution in [2.75, 3.05) is 13.1 Å². The molecule has 5 nitrogen and oxygen atoms in total. The van der Waals surface area contributed by atoms with Crippen molar-refractivity contribution in [3.63, 3.8) is 0 Å². The first-order valence-electron chi connectivity index (χ1n) is 7.82. The van der Waals surface area contributed by atoms with Gasteiger partial charge in [0.2, 0.25) is 0 Å². The van der Waals surface area contributed by atoms with Crippen LogP contribution in [-0.4, -0.2) is 32.5 Å². The van der Waals surface area contributed by atoms with Crippen molar-refractivity contribution in [1.82, 2.24) is 19.4 Å². The predicted molar refractivity (Wildman–Crippen MR) is 91.8 cm³/mol. The molecular weight excluding hydrogens is 308 g/mol. The summed E-state index contributed by atoms with van der Waals surface area (Å²) in [5.41, 5.74) is 2.21. The first-order valence-corrected chi connectivity index (χ1v) is 8.70. The molecule has 0 aromatic carbocycles. The maximum Gasteiger partial charge on any atom is 0.262 e. The van der Waals surface area contributed by atoms with E-state index >= 15 is 0 Å². The number of nitrogens with zero attached hydrogens (tertiary/aromatic N) is 4. The minimum atomic E-state index is 0.114. The van der Waals surface area contributed by atoms with Gasteiger partial charge in [-0.1, -0.05) is 6.07 Å². The minimum absolute atomic E-state index is 0.114. The lowest BCUT2D eigenvalue weighted by Gasteiger charge is -2.18. The predicted octanol–water partition coefficient (Wildman–Crippen LogP) is 2.22. The van der Waals surface area contributed by atoms with Crippen LogP contribution < -0.4 is 5.56 Å². The molecule has 0 spiro atoms. The summed E-state index contributed by atoms with van der Waals surface area (Å²) < 4.78 is 1.86. The molecule has 3 aromatic rings. The van der Waals surface area contributed by atoms with Gasteiger partial charge in [-0.25, -0.2) is 4.98 Å². The van der Waals surface area contributed by atoms with Crippen LogP contribution in [0.4, 0.5) is 0 Å². The molecule has 0 saturated carbocycles. The highest BCUT2D eigenvalue weighted by Gasteiger charge is 2.19. The van der Waals surface area contributed by atoms with Crippen molar-refractivity contribution in [3.05, 3.63) is 57.2 Å². The largest absolute Gasteiger partial charge is 0.295 e. The Hall–Kier alpha value is -2.05. The third kappa shape index (κ3) is 2.68. The normalized spacial score (nSPS) is 15.5. The molecule has 0 amide bonds. The lowest BCUT2D eigenvalue weighted by Crippen LogP contribution is -2.29. The zero-order valence-electron chi connectivity index (χ0n) is 13.0. The molecule has 118 valence electrons. The smallest absolute Gasteiger partial charge is 0.262 e. The van der Waals surface area contributed by atoms with Crippen molar-refractivity contribution in [1.29, 1.82) is 0 Å². The lowest BCUT2D eigenvalue weighted by molar-refractivity contribution is 0.268. The molecule has 4 heterocycles. The molecule has 0 N–H and O–H groups in total. The van der Waals surface area contributed by atoms with E-state index in [0.717, 1.165) is 53.4 Å². The highest BCUT2D eigenvalue weighted by Crippen LogP contribution is 2.21. The topological polar surface area (TPSA) is 51.0 Å². The summed E-state index contributed by atoms with van der Waals surface area (Å²) in [6, 6.07) is 5.99. The van der Waals surface area contributed by atoms with Crippen molar-refractivity contribution in [2.45, 2.75) is 26.4 Å². The summed E-state index contributed by atoms with van der Waals surface area (Å²) in [6.07, 6.45) is 2.62. The molecule has 0 saturated heterocycles. The van der Waals surface area contributed by atoms with Crippen LogP contribution >= 0.6 is 11.3 Å². The second-order valence-corrected chi connectivity index (χ2v) is 6.79. The van der Waals surface area contributed by atoms with E-state index in [2.05, 4.69) is 9.88 Å². The first-order chi connectivity index (χ1) is 11.2. The van der Waals surface area contributed by atoms with Gasteiger partial charge in [0.25, 0.3) is 5.56 Å². The minimum Gasteiger partial charge on any atom is -0.295 e. The fourth-order valence-electron chi connectivity index (χ4n) is 3.11. The summed E-state index contributed by atoms with van der Waals surface area (Å²) in [5.74, 6) is 0.910. The average molecular weight is 326 g/mol. The van der Waals surface area contributed by atoms with Crippen LogP contribution in [0.5, 0.6) is 0 Å². The molecule has 23 heavy (non-hydrogen) atoms. The van der Waals surface area contributed by atoms with Crippen molar-refractivity contribution < 1.29 is 0 Å². The molecule has 0 atom stereocenters. The number of hydrogen-bond donors (Lipinski definition) is 0. The van der Waals surface area contributed by atoms with Gasteiger partial charge in [0.1, 0.15) is 10.7 Å². The van der Waals surface area contributed by atoms with E-state index in [4.69, 9.17) is 4.98 Å². The number of rotatable bonds is 2. The van der Waals surface area contributed by atoms with Crippen molar-refractivity contribution >= 4 is 21.6 Å². The molecule has 4 rings (SSSR count). The van der Waals surface area contributed by atoms with Gasteiger partial charge < -0.3 is 0 Å². The van der Waals surface area contributed by atoms with E-state index < -0.39 is 0 Å². The van der Waals surface area contributed by atoms with Crippen molar-refractivity contribution in [2.24, 2.45) is 0 Å². The molecule has 0 fully saturated rings. The highest BCUT2D eigenvalue weighted by molar-refractivity contribution is 7.16. The van der Waals surface area contributed by atoms with Gasteiger partial charge in [-0.05, 0) is 30.0 Å². The van der Waals surface area contributed by atoms with E-state index in [-0.39, 0.29) is 5.56 Å². The van der Waals surface area contributed by atoms with Crippen LogP contribution in [0.25, 0.3) is 10.2 Å². The van der Waals surface area contributed by atoms with E-state index in [1.54, 1.807) is 11.3 Å². The molecule has 0 bridgehead atoms. The Labute approximate surface area is 138 Å². The number of aromatic nitrogens is 3. The van der Waals surface area contributed by atoms with Crippen LogP contribution in [0.1, 0.15) is 17.1 Å². The fourth-order valence-corrected chi connectivity index (χ4v) is 4.05. The highest BCUT2D eigenvalue weighted by atomic mass is 32.1. The van der Waals surface area contributed by atoms with E-state index in [9.17, 15) is 4.79 Å². The van der Waals surface area contributed by atoms with Gasteiger partial charge >= 0.3 is 0 Å². The Kier molecular flexibility index (Phi) is 3.71. The number of thiophene rings is 1. The Morgan fingerprint density at radius 3 is 3.00 bits per heavy atom. The zero-order chi connectivity index (χ0) is 15.8. The summed E-state index contributed by atoms with van der Waals surface area (Å²) in [5, 5.41) is 2.81. The molecule has 3 aromatic heterocycles. The van der Waals surface area contributed by atoms with Crippen LogP contribution in [0.15, 0.2) is 34.6 Å². The molecule has 0 unspecified atom stereocenters. The monoisotopic (exact) mass is 326 g/mol. The van der Waals surface area contributed by atoms with Gasteiger partial charge in [-0.15, -0.1) is 11.3 Å². The summed E-state index contributed by atoms with van der Waals surface area (Å²) in [6.45, 7) is 5.24. The molecule has 6 heteroatoms. The van der Waals surface area contributed by atoms with E-state index in [1.165, 1.54) is 0 Å². The number of fused-ring (bicyclic) bond motifs is 2. The number of hydrogen-bond acceptors (Lipinski definition) is 5. The standard InChI is InChI=1S/C17H18N4OS/c1-12-11-23-16-15(12)17(22)21-9-8-20(7-5-14(21)19-16)10-13-4-2-3-6-18-13/h2-4,6,11H,5,7-10H2,1H3.